The van der Waals surface area contributed by atoms with Crippen LogP contribution in [0, 0.1) is 0 Å². The standard InChI is InChI=1S/C11H13N3O4.ClH/c1-17-5-7(12)10(15)13-6-2-3-9-8(4-6)14-11(16)18-9;/h2-4,7H,5,12H2,1H3,(H,13,15)(H,14,16);1H. The number of anilines is 1. The molecule has 8 heteroatoms. The van der Waals surface area contributed by atoms with Gasteiger partial charge >= 0.3 is 5.76 Å². The first-order chi connectivity index (χ1) is 8.60. The van der Waals surface area contributed by atoms with E-state index >= 15 is 0 Å². The number of aromatic amines is 1. The van der Waals surface area contributed by atoms with Crippen molar-refractivity contribution in [3.63, 3.8) is 0 Å². The third-order valence-corrected chi connectivity index (χ3v) is 2.37. The van der Waals surface area contributed by atoms with Gasteiger partial charge in [-0.1, -0.05) is 0 Å². The number of benzene rings is 1. The third-order valence-electron chi connectivity index (χ3n) is 2.37. The number of nitrogens with two attached hydrogens (primary N) is 1. The molecule has 0 spiro atoms. The number of fused-ring (bicyclic) bond motifs is 1. The van der Waals surface area contributed by atoms with E-state index in [1.165, 1.54) is 7.11 Å². The third kappa shape index (κ3) is 3.57. The normalized spacial score (nSPS) is 11.9. The lowest BCUT2D eigenvalue weighted by Crippen LogP contribution is -2.39. The molecule has 0 aliphatic carbocycles. The number of carbonyl (C=O) groups excluding carboxylic acids is 1. The zero-order valence-corrected chi connectivity index (χ0v) is 11.0. The number of hydrogen-bond acceptors (Lipinski definition) is 5. The lowest BCUT2D eigenvalue weighted by atomic mass is 10.2. The lowest BCUT2D eigenvalue weighted by Gasteiger charge is -2.10. The van der Waals surface area contributed by atoms with Crippen LogP contribution in [0.15, 0.2) is 27.4 Å². The number of ether oxygens (including phenoxy) is 1. The molecule has 7 nitrogen and oxygen atoms in total. The predicted octanol–water partition coefficient (Wildman–Crippen LogP) is 0.455. The zero-order valence-electron chi connectivity index (χ0n) is 10.1. The van der Waals surface area contributed by atoms with E-state index in [1.54, 1.807) is 18.2 Å². The monoisotopic (exact) mass is 287 g/mol. The van der Waals surface area contributed by atoms with Gasteiger partial charge in [-0.3, -0.25) is 9.78 Å². The molecule has 0 saturated heterocycles. The first-order valence-electron chi connectivity index (χ1n) is 5.28. The molecule has 1 atom stereocenters. The first kappa shape index (κ1) is 15.2. The Hall–Kier alpha value is -1.83. The summed E-state index contributed by atoms with van der Waals surface area (Å²) in [7, 11) is 1.47. The highest BCUT2D eigenvalue weighted by Crippen LogP contribution is 2.16. The number of aromatic nitrogens is 1. The molecule has 1 amide bonds. The van der Waals surface area contributed by atoms with Crippen LogP contribution in [0.1, 0.15) is 0 Å². The van der Waals surface area contributed by atoms with E-state index < -0.39 is 11.8 Å². The largest absolute Gasteiger partial charge is 0.417 e. The summed E-state index contributed by atoms with van der Waals surface area (Å²) in [6, 6.07) is 4.06. The molecule has 1 aromatic heterocycles. The molecule has 0 saturated carbocycles. The van der Waals surface area contributed by atoms with E-state index in [-0.39, 0.29) is 24.9 Å². The van der Waals surface area contributed by atoms with E-state index in [1.807, 2.05) is 0 Å². The molecule has 0 bridgehead atoms. The number of hydrogen-bond donors (Lipinski definition) is 3. The summed E-state index contributed by atoms with van der Waals surface area (Å²) in [4.78, 5) is 25.1. The Morgan fingerprint density at radius 1 is 1.58 bits per heavy atom. The van der Waals surface area contributed by atoms with Crippen LogP contribution in [0.4, 0.5) is 5.69 Å². The molecule has 0 fully saturated rings. The fourth-order valence-electron chi connectivity index (χ4n) is 1.52. The molecule has 1 aromatic carbocycles. The number of methoxy groups -OCH3 is 1. The van der Waals surface area contributed by atoms with Crippen LogP contribution < -0.4 is 16.8 Å². The van der Waals surface area contributed by atoms with Crippen molar-refractivity contribution in [2.45, 2.75) is 6.04 Å². The van der Waals surface area contributed by atoms with E-state index in [9.17, 15) is 9.59 Å². The Bertz CT molecular complexity index is 622. The van der Waals surface area contributed by atoms with Crippen molar-refractivity contribution >= 4 is 35.1 Å². The van der Waals surface area contributed by atoms with Crippen molar-refractivity contribution in [3.05, 3.63) is 28.7 Å². The second-order valence-electron chi connectivity index (χ2n) is 3.78. The van der Waals surface area contributed by atoms with Gasteiger partial charge in [0, 0.05) is 12.8 Å². The maximum Gasteiger partial charge on any atom is 0.417 e. The van der Waals surface area contributed by atoms with Crippen molar-refractivity contribution in [2.24, 2.45) is 5.73 Å². The summed E-state index contributed by atoms with van der Waals surface area (Å²) >= 11 is 0. The van der Waals surface area contributed by atoms with Crippen LogP contribution in [-0.4, -0.2) is 30.6 Å². The highest BCUT2D eigenvalue weighted by atomic mass is 35.5. The molecule has 4 N–H and O–H groups in total. The summed E-state index contributed by atoms with van der Waals surface area (Å²) in [5, 5.41) is 2.62. The van der Waals surface area contributed by atoms with Gasteiger partial charge in [-0.2, -0.15) is 0 Å². The van der Waals surface area contributed by atoms with Crippen LogP contribution in [0.5, 0.6) is 0 Å². The predicted molar refractivity (Wildman–Crippen MR) is 72.6 cm³/mol. The van der Waals surface area contributed by atoms with Crippen molar-refractivity contribution in [3.8, 4) is 0 Å². The van der Waals surface area contributed by atoms with Gasteiger partial charge < -0.3 is 20.2 Å². The quantitative estimate of drug-likeness (QED) is 0.756. The Balaban J connectivity index is 0.00000180. The Labute approximate surface area is 114 Å². The number of carbonyl (C=O) groups is 1. The number of nitrogens with one attached hydrogen (secondary N) is 2. The molecule has 19 heavy (non-hydrogen) atoms. The number of H-pyrrole nitrogens is 1. The average molecular weight is 288 g/mol. The Morgan fingerprint density at radius 3 is 3.00 bits per heavy atom. The number of halogens is 1. The topological polar surface area (TPSA) is 110 Å². The fraction of sp³-hybridized carbons (Fsp3) is 0.273. The van der Waals surface area contributed by atoms with Gasteiger partial charge in [0.1, 0.15) is 6.04 Å². The maximum absolute atomic E-state index is 11.6. The molecule has 0 aliphatic rings. The number of amides is 1. The second-order valence-corrected chi connectivity index (χ2v) is 3.78. The van der Waals surface area contributed by atoms with Crippen LogP contribution in [0.2, 0.25) is 0 Å². The Kier molecular flexibility index (Phi) is 5.11. The van der Waals surface area contributed by atoms with Crippen LogP contribution in [-0.2, 0) is 9.53 Å². The minimum absolute atomic E-state index is 0. The van der Waals surface area contributed by atoms with E-state index in [0.717, 1.165) is 0 Å². The molecule has 2 aromatic rings. The highest BCUT2D eigenvalue weighted by molar-refractivity contribution is 5.96. The van der Waals surface area contributed by atoms with Gasteiger partial charge in [0.2, 0.25) is 5.91 Å². The first-order valence-corrected chi connectivity index (χ1v) is 5.28. The van der Waals surface area contributed by atoms with E-state index in [4.69, 9.17) is 14.9 Å². The molecule has 2 rings (SSSR count). The molecule has 0 radical (unpaired) electrons. The Morgan fingerprint density at radius 2 is 2.32 bits per heavy atom. The zero-order chi connectivity index (χ0) is 13.1. The van der Waals surface area contributed by atoms with Crippen molar-refractivity contribution in [1.29, 1.82) is 0 Å². The van der Waals surface area contributed by atoms with Gasteiger partial charge in [-0.15, -0.1) is 12.4 Å². The summed E-state index contributed by atoms with van der Waals surface area (Å²) in [6.45, 7) is 0.136. The second kappa shape index (κ2) is 6.37. The average Bonchev–Trinajstić information content (AvgIpc) is 2.68. The summed E-state index contributed by atoms with van der Waals surface area (Å²) in [5.41, 5.74) is 7.05. The molecule has 0 aliphatic heterocycles. The maximum atomic E-state index is 11.6. The molecule has 1 heterocycles. The van der Waals surface area contributed by atoms with Gasteiger partial charge in [0.05, 0.1) is 12.1 Å². The van der Waals surface area contributed by atoms with E-state index in [0.29, 0.717) is 16.8 Å². The lowest BCUT2D eigenvalue weighted by molar-refractivity contribution is -0.118. The van der Waals surface area contributed by atoms with Gasteiger partial charge in [0.15, 0.2) is 5.58 Å². The van der Waals surface area contributed by atoms with Crippen LogP contribution >= 0.6 is 12.4 Å². The minimum atomic E-state index is -0.742. The number of rotatable bonds is 4. The minimum Gasteiger partial charge on any atom is -0.408 e. The fourth-order valence-corrected chi connectivity index (χ4v) is 1.52. The van der Waals surface area contributed by atoms with Crippen LogP contribution in [0.3, 0.4) is 0 Å². The summed E-state index contributed by atoms with van der Waals surface area (Å²) < 4.78 is 9.63. The van der Waals surface area contributed by atoms with Crippen molar-refractivity contribution in [1.82, 2.24) is 4.98 Å². The molecule has 1 unspecified atom stereocenters. The van der Waals surface area contributed by atoms with Crippen molar-refractivity contribution in [2.75, 3.05) is 19.0 Å². The SMILES string of the molecule is COCC(N)C(=O)Nc1ccc2oc(=O)[nH]c2c1.Cl. The van der Waals surface area contributed by atoms with Gasteiger partial charge in [-0.25, -0.2) is 4.79 Å². The van der Waals surface area contributed by atoms with E-state index in [2.05, 4.69) is 10.3 Å². The smallest absolute Gasteiger partial charge is 0.408 e. The van der Waals surface area contributed by atoms with Gasteiger partial charge in [0.25, 0.3) is 0 Å². The molecular formula is C11H14ClN3O4. The highest BCUT2D eigenvalue weighted by Gasteiger charge is 2.13. The summed E-state index contributed by atoms with van der Waals surface area (Å²) in [5.74, 6) is -0.897. The van der Waals surface area contributed by atoms with Crippen LogP contribution in [0.25, 0.3) is 11.1 Å². The van der Waals surface area contributed by atoms with Crippen molar-refractivity contribution < 1.29 is 13.9 Å². The van der Waals surface area contributed by atoms with Gasteiger partial charge in [-0.05, 0) is 18.2 Å². The molecular weight excluding hydrogens is 274 g/mol. The molecule has 104 valence electrons. The summed E-state index contributed by atoms with van der Waals surface area (Å²) in [6.07, 6.45) is 0. The number of oxazole rings is 1.